The Morgan fingerprint density at radius 3 is 2.25 bits per heavy atom. The third kappa shape index (κ3) is 4.40. The summed E-state index contributed by atoms with van der Waals surface area (Å²) < 4.78 is 1.09. The van der Waals surface area contributed by atoms with Crippen molar-refractivity contribution in [3.05, 3.63) is 127 Å². The zero-order valence-corrected chi connectivity index (χ0v) is 23.1. The standard InChI is InChI=1S/C31H28BrN3S/c1-20-4-8-22(9-5-20)16-25-17-34(3)18-27-29(25)33-31-35(30(27)24-10-6-21(2)7-11-24)28(19-36-31)23-12-14-26(32)15-13-23/h4-16,19,30H,17-18H2,1-3H3/b25-16+/t30-/m1/s1. The van der Waals surface area contributed by atoms with Gasteiger partial charge in [-0.15, -0.1) is 0 Å². The van der Waals surface area contributed by atoms with Gasteiger partial charge in [0.25, 0.3) is 0 Å². The summed E-state index contributed by atoms with van der Waals surface area (Å²) in [6.45, 7) is 6.07. The first-order chi connectivity index (χ1) is 17.5. The monoisotopic (exact) mass is 553 g/mol. The van der Waals surface area contributed by atoms with Crippen molar-refractivity contribution in [3.63, 3.8) is 0 Å². The number of hydrogen-bond donors (Lipinski definition) is 0. The maximum atomic E-state index is 5.31. The van der Waals surface area contributed by atoms with Gasteiger partial charge in [0.1, 0.15) is 0 Å². The molecular formula is C31H28BrN3S. The fourth-order valence-electron chi connectivity index (χ4n) is 5.16. The molecule has 0 spiro atoms. The van der Waals surface area contributed by atoms with Gasteiger partial charge in [-0.1, -0.05) is 99.5 Å². The largest absolute Gasteiger partial charge is 0.308 e. The smallest absolute Gasteiger partial charge is 0.174 e. The molecule has 0 aromatic heterocycles. The molecule has 0 radical (unpaired) electrons. The fourth-order valence-corrected chi connectivity index (χ4v) is 6.36. The number of aryl methyl sites for hydroxylation is 2. The minimum atomic E-state index is 0.0992. The highest BCUT2D eigenvalue weighted by Gasteiger charge is 2.41. The van der Waals surface area contributed by atoms with Gasteiger partial charge in [-0.25, -0.2) is 4.99 Å². The van der Waals surface area contributed by atoms with E-state index in [9.17, 15) is 0 Å². The van der Waals surface area contributed by atoms with Crippen LogP contribution in [-0.2, 0) is 0 Å². The van der Waals surface area contributed by atoms with Crippen molar-refractivity contribution >= 4 is 44.6 Å². The van der Waals surface area contributed by atoms with Crippen molar-refractivity contribution in [1.82, 2.24) is 9.80 Å². The van der Waals surface area contributed by atoms with E-state index >= 15 is 0 Å². The summed E-state index contributed by atoms with van der Waals surface area (Å²) in [5, 5.41) is 3.31. The van der Waals surface area contributed by atoms with Crippen molar-refractivity contribution in [2.24, 2.45) is 4.99 Å². The molecule has 0 amide bonds. The van der Waals surface area contributed by atoms with Gasteiger partial charge in [0.2, 0.25) is 0 Å². The van der Waals surface area contributed by atoms with Crippen LogP contribution < -0.4 is 0 Å². The van der Waals surface area contributed by atoms with Crippen LogP contribution >= 0.6 is 27.7 Å². The number of likely N-dealkylation sites (N-methyl/N-ethyl adjacent to an activating group) is 1. The van der Waals surface area contributed by atoms with Gasteiger partial charge in [0, 0.05) is 23.0 Å². The molecule has 36 heavy (non-hydrogen) atoms. The van der Waals surface area contributed by atoms with Crippen LogP contribution in [-0.4, -0.2) is 35.1 Å². The van der Waals surface area contributed by atoms with E-state index in [4.69, 9.17) is 4.99 Å². The van der Waals surface area contributed by atoms with Crippen LogP contribution in [0.4, 0.5) is 0 Å². The highest BCUT2D eigenvalue weighted by atomic mass is 79.9. The summed E-state index contributed by atoms with van der Waals surface area (Å²) in [5.74, 6) is 0. The van der Waals surface area contributed by atoms with Crippen LogP contribution in [0.5, 0.6) is 0 Å². The van der Waals surface area contributed by atoms with Crippen LogP contribution in [0.25, 0.3) is 11.8 Å². The van der Waals surface area contributed by atoms with E-state index in [1.54, 1.807) is 11.8 Å². The number of benzene rings is 3. The Balaban J connectivity index is 1.50. The summed E-state index contributed by atoms with van der Waals surface area (Å²) in [7, 11) is 2.21. The molecule has 0 saturated heterocycles. The molecule has 0 N–H and O–H groups in total. The molecule has 0 bridgehead atoms. The van der Waals surface area contributed by atoms with Gasteiger partial charge in [-0.05, 0) is 66.9 Å². The summed E-state index contributed by atoms with van der Waals surface area (Å²) in [4.78, 5) is 10.2. The van der Waals surface area contributed by atoms with E-state index in [-0.39, 0.29) is 6.04 Å². The van der Waals surface area contributed by atoms with E-state index in [1.807, 2.05) is 0 Å². The maximum Gasteiger partial charge on any atom is 0.174 e. The summed E-state index contributed by atoms with van der Waals surface area (Å²) in [5.41, 5.74) is 11.3. The van der Waals surface area contributed by atoms with E-state index in [0.717, 1.165) is 28.4 Å². The molecule has 3 aromatic rings. The normalized spacial score (nSPS) is 20.8. The van der Waals surface area contributed by atoms with E-state index in [2.05, 4.69) is 131 Å². The highest BCUT2D eigenvalue weighted by Crippen LogP contribution is 2.49. The Labute approximate surface area is 226 Å². The minimum Gasteiger partial charge on any atom is -0.308 e. The molecule has 0 unspecified atom stereocenters. The van der Waals surface area contributed by atoms with Crippen LogP contribution in [0.2, 0.25) is 0 Å². The van der Waals surface area contributed by atoms with Crippen molar-refractivity contribution in [2.75, 3.05) is 20.1 Å². The predicted octanol–water partition coefficient (Wildman–Crippen LogP) is 7.81. The topological polar surface area (TPSA) is 18.8 Å². The van der Waals surface area contributed by atoms with Crippen molar-refractivity contribution < 1.29 is 0 Å². The van der Waals surface area contributed by atoms with Gasteiger partial charge >= 0.3 is 0 Å². The number of aliphatic imine (C=N–C) groups is 1. The number of nitrogens with zero attached hydrogens (tertiary/aromatic N) is 3. The third-order valence-corrected chi connectivity index (χ3v) is 8.35. The second-order valence-electron chi connectivity index (χ2n) is 9.83. The second-order valence-corrected chi connectivity index (χ2v) is 11.6. The average Bonchev–Trinajstić information content (AvgIpc) is 3.29. The zero-order valence-electron chi connectivity index (χ0n) is 20.7. The molecular weight excluding hydrogens is 526 g/mol. The minimum absolute atomic E-state index is 0.0992. The molecule has 3 aliphatic heterocycles. The molecule has 3 aromatic carbocycles. The summed E-state index contributed by atoms with van der Waals surface area (Å²) >= 11 is 5.32. The quantitative estimate of drug-likeness (QED) is 0.329. The molecule has 3 nitrogen and oxygen atoms in total. The Morgan fingerprint density at radius 2 is 1.56 bits per heavy atom. The molecule has 3 heterocycles. The van der Waals surface area contributed by atoms with Crippen LogP contribution in [0.1, 0.15) is 33.9 Å². The number of fused-ring (bicyclic) bond motifs is 1. The highest BCUT2D eigenvalue weighted by molar-refractivity contribution is 9.10. The molecule has 5 heteroatoms. The Morgan fingerprint density at radius 1 is 0.889 bits per heavy atom. The van der Waals surface area contributed by atoms with E-state index in [0.29, 0.717) is 0 Å². The molecule has 0 saturated carbocycles. The number of hydrogen-bond acceptors (Lipinski definition) is 4. The second kappa shape index (κ2) is 9.55. The van der Waals surface area contributed by atoms with Crippen LogP contribution in [0.15, 0.2) is 105 Å². The van der Waals surface area contributed by atoms with Crippen LogP contribution in [0.3, 0.4) is 0 Å². The number of rotatable bonds is 3. The summed E-state index contributed by atoms with van der Waals surface area (Å²) in [6, 6.07) is 26.5. The summed E-state index contributed by atoms with van der Waals surface area (Å²) in [6.07, 6.45) is 2.32. The van der Waals surface area contributed by atoms with Crippen molar-refractivity contribution in [3.8, 4) is 0 Å². The first-order valence-corrected chi connectivity index (χ1v) is 13.9. The third-order valence-electron chi connectivity index (χ3n) is 6.98. The van der Waals surface area contributed by atoms with E-state index < -0.39 is 0 Å². The molecule has 6 rings (SSSR count). The van der Waals surface area contributed by atoms with Gasteiger partial charge in [0.05, 0.1) is 17.4 Å². The number of halogens is 1. The van der Waals surface area contributed by atoms with Gasteiger partial charge in [-0.3, -0.25) is 4.90 Å². The number of amidine groups is 1. The average molecular weight is 555 g/mol. The van der Waals surface area contributed by atoms with Gasteiger partial charge in [-0.2, -0.15) is 0 Å². The van der Waals surface area contributed by atoms with E-state index in [1.165, 1.54) is 44.7 Å². The Bertz CT molecular complexity index is 1430. The zero-order chi connectivity index (χ0) is 24.8. The Hall–Kier alpha value is -2.86. The first kappa shape index (κ1) is 23.5. The number of thioether (sulfide) groups is 1. The lowest BCUT2D eigenvalue weighted by atomic mass is 9.87. The molecule has 0 fully saturated rings. The van der Waals surface area contributed by atoms with Crippen molar-refractivity contribution in [2.45, 2.75) is 19.9 Å². The SMILES string of the molecule is Cc1ccc(/C=C2\CN(C)CC3=C2N=C2SC=C(c4ccc(Br)cc4)N2[C@@H]3c2ccc(C)cc2)cc1. The fraction of sp³-hybridized carbons (Fsp3) is 0.194. The lowest BCUT2D eigenvalue weighted by Crippen LogP contribution is -2.40. The molecule has 1 atom stereocenters. The van der Waals surface area contributed by atoms with Crippen LogP contribution in [0, 0.1) is 13.8 Å². The van der Waals surface area contributed by atoms with Gasteiger partial charge < -0.3 is 4.90 Å². The molecule has 180 valence electrons. The Kier molecular flexibility index (Phi) is 6.24. The molecule has 0 aliphatic carbocycles. The maximum absolute atomic E-state index is 5.31. The lowest BCUT2D eigenvalue weighted by molar-refractivity contribution is 0.344. The lowest BCUT2D eigenvalue weighted by Gasteiger charge is -2.42. The van der Waals surface area contributed by atoms with Crippen molar-refractivity contribution in [1.29, 1.82) is 0 Å². The van der Waals surface area contributed by atoms with Gasteiger partial charge in [0.15, 0.2) is 5.17 Å². The predicted molar refractivity (Wildman–Crippen MR) is 157 cm³/mol. The molecule has 3 aliphatic rings. The first-order valence-electron chi connectivity index (χ1n) is 12.2.